The van der Waals surface area contributed by atoms with Gasteiger partial charge in [-0.25, -0.2) is 8.42 Å². The second-order valence-electron chi connectivity index (χ2n) is 7.02. The number of anilines is 1. The van der Waals surface area contributed by atoms with E-state index in [4.69, 9.17) is 4.74 Å². The van der Waals surface area contributed by atoms with Gasteiger partial charge in [-0.3, -0.25) is 13.9 Å². The van der Waals surface area contributed by atoms with Crippen LogP contribution in [0, 0.1) is 0 Å². The van der Waals surface area contributed by atoms with Crippen LogP contribution in [-0.2, 0) is 32.4 Å². The van der Waals surface area contributed by atoms with E-state index < -0.39 is 16.0 Å². The number of hydrogen-bond donors (Lipinski definition) is 0. The zero-order chi connectivity index (χ0) is 20.3. The average Bonchev–Trinajstić information content (AvgIpc) is 3.00. The molecule has 0 aromatic heterocycles. The zero-order valence-electron chi connectivity index (χ0n) is 15.9. The molecule has 6 nitrogen and oxygen atoms in total. The molecule has 0 unspecified atom stereocenters. The number of fused-ring (bicyclic) bond motifs is 1. The summed E-state index contributed by atoms with van der Waals surface area (Å²) in [7, 11) is -3.37. The molecule has 0 saturated heterocycles. The lowest BCUT2D eigenvalue weighted by Gasteiger charge is -2.21. The topological polar surface area (TPSA) is 80.8 Å². The fourth-order valence-electron chi connectivity index (χ4n) is 3.47. The van der Waals surface area contributed by atoms with Crippen molar-refractivity contribution in [3.8, 4) is 0 Å². The summed E-state index contributed by atoms with van der Waals surface area (Å²) in [5.74, 6) is -0.725. The molecule has 0 radical (unpaired) electrons. The fraction of sp³-hybridized carbons (Fsp3) is 0.333. The van der Waals surface area contributed by atoms with E-state index in [1.165, 1.54) is 10.6 Å². The van der Waals surface area contributed by atoms with E-state index in [2.05, 4.69) is 0 Å². The molecular formula is C21H23NO5S. The first-order valence-electron chi connectivity index (χ1n) is 9.11. The Morgan fingerprint density at radius 2 is 1.86 bits per heavy atom. The number of carbonyl (C=O) groups is 2. The maximum atomic E-state index is 12.4. The van der Waals surface area contributed by atoms with Crippen molar-refractivity contribution in [1.29, 1.82) is 0 Å². The number of Topliss-reactive ketones (excluding diaryl/α,β-unsaturated/α-hetero) is 1. The number of carbonyl (C=O) groups excluding carboxylic acids is 2. The minimum atomic E-state index is -3.37. The average molecular weight is 401 g/mol. The maximum Gasteiger partial charge on any atom is 0.306 e. The van der Waals surface area contributed by atoms with Crippen LogP contribution in [0.1, 0.15) is 34.8 Å². The third-order valence-electron chi connectivity index (χ3n) is 4.74. The minimum absolute atomic E-state index is 0.189. The Morgan fingerprint density at radius 3 is 2.54 bits per heavy atom. The van der Waals surface area contributed by atoms with Crippen molar-refractivity contribution in [3.05, 3.63) is 65.2 Å². The molecule has 2 aromatic rings. The van der Waals surface area contributed by atoms with Gasteiger partial charge in [0.15, 0.2) is 12.4 Å². The van der Waals surface area contributed by atoms with Gasteiger partial charge in [-0.1, -0.05) is 30.3 Å². The molecule has 0 fully saturated rings. The van der Waals surface area contributed by atoms with Gasteiger partial charge < -0.3 is 4.74 Å². The molecule has 3 rings (SSSR count). The van der Waals surface area contributed by atoms with E-state index in [1.54, 1.807) is 18.2 Å². The van der Waals surface area contributed by atoms with Crippen LogP contribution in [0.15, 0.2) is 48.5 Å². The van der Waals surface area contributed by atoms with Crippen LogP contribution in [0.2, 0.25) is 0 Å². The molecule has 0 aliphatic carbocycles. The minimum Gasteiger partial charge on any atom is -0.457 e. The van der Waals surface area contributed by atoms with Crippen molar-refractivity contribution >= 4 is 27.5 Å². The summed E-state index contributed by atoms with van der Waals surface area (Å²) in [6.07, 6.45) is 2.49. The van der Waals surface area contributed by atoms with Crippen LogP contribution in [0.3, 0.4) is 0 Å². The van der Waals surface area contributed by atoms with Crippen LogP contribution in [-0.4, -0.2) is 39.1 Å². The van der Waals surface area contributed by atoms with Gasteiger partial charge in [0.25, 0.3) is 0 Å². The van der Waals surface area contributed by atoms with Crippen molar-refractivity contribution in [1.82, 2.24) is 0 Å². The Balaban J connectivity index is 1.58. The van der Waals surface area contributed by atoms with E-state index in [9.17, 15) is 18.0 Å². The Morgan fingerprint density at radius 1 is 1.14 bits per heavy atom. The number of benzene rings is 2. The fourth-order valence-corrected chi connectivity index (χ4v) is 4.74. The molecule has 1 aliphatic heterocycles. The maximum absolute atomic E-state index is 12.4. The van der Waals surface area contributed by atoms with Crippen LogP contribution in [0.25, 0.3) is 0 Å². The van der Waals surface area contributed by atoms with Crippen LogP contribution in [0.5, 0.6) is 0 Å². The van der Waals surface area contributed by atoms with E-state index in [0.717, 1.165) is 11.1 Å². The third kappa shape index (κ3) is 4.59. The Bertz CT molecular complexity index is 985. The molecule has 7 heteroatoms. The normalized spacial score (nSPS) is 15.9. The monoisotopic (exact) mass is 401 g/mol. The summed E-state index contributed by atoms with van der Waals surface area (Å²) in [5, 5.41) is 0. The van der Waals surface area contributed by atoms with Crippen LogP contribution < -0.4 is 4.31 Å². The van der Waals surface area contributed by atoms with E-state index in [1.807, 2.05) is 37.3 Å². The first-order chi connectivity index (χ1) is 13.3. The van der Waals surface area contributed by atoms with Crippen LogP contribution >= 0.6 is 0 Å². The number of ketones is 1. The Kier molecular flexibility index (Phi) is 5.84. The summed E-state index contributed by atoms with van der Waals surface area (Å²) in [5.41, 5.74) is 2.86. The Labute approximate surface area is 165 Å². The molecule has 2 aromatic carbocycles. The highest BCUT2D eigenvalue weighted by Gasteiger charge is 2.32. The number of esters is 1. The molecule has 0 spiro atoms. The highest BCUT2D eigenvalue weighted by molar-refractivity contribution is 7.92. The SMILES string of the molecule is C[C@H]1Cc2cc(C(=O)COC(=O)CCc3ccccc3)ccc2N1S(C)(=O)=O. The number of ether oxygens (including phenoxy) is 1. The van der Waals surface area contributed by atoms with Gasteiger partial charge in [0.1, 0.15) is 0 Å². The molecule has 148 valence electrons. The lowest BCUT2D eigenvalue weighted by Crippen LogP contribution is -2.34. The first-order valence-corrected chi connectivity index (χ1v) is 11.0. The van der Waals surface area contributed by atoms with Crippen molar-refractivity contribution in [2.24, 2.45) is 0 Å². The number of rotatable bonds is 7. The van der Waals surface area contributed by atoms with Gasteiger partial charge in [0.2, 0.25) is 10.0 Å². The predicted molar refractivity (Wildman–Crippen MR) is 107 cm³/mol. The van der Waals surface area contributed by atoms with E-state index >= 15 is 0 Å². The lowest BCUT2D eigenvalue weighted by atomic mass is 10.0. The molecule has 28 heavy (non-hydrogen) atoms. The highest BCUT2D eigenvalue weighted by atomic mass is 32.2. The quantitative estimate of drug-likeness (QED) is 0.526. The molecule has 1 atom stereocenters. The summed E-state index contributed by atoms with van der Waals surface area (Å²) in [4.78, 5) is 24.3. The van der Waals surface area contributed by atoms with Crippen molar-refractivity contribution in [3.63, 3.8) is 0 Å². The molecule has 0 N–H and O–H groups in total. The summed E-state index contributed by atoms with van der Waals surface area (Å²) >= 11 is 0. The number of hydrogen-bond acceptors (Lipinski definition) is 5. The smallest absolute Gasteiger partial charge is 0.306 e. The van der Waals surface area contributed by atoms with Gasteiger partial charge >= 0.3 is 5.97 Å². The molecule has 1 aliphatic rings. The second kappa shape index (κ2) is 8.14. The molecule has 0 saturated carbocycles. The molecular weight excluding hydrogens is 378 g/mol. The van der Waals surface area contributed by atoms with Gasteiger partial charge in [-0.05, 0) is 49.1 Å². The van der Waals surface area contributed by atoms with Gasteiger partial charge in [0, 0.05) is 18.0 Å². The summed E-state index contributed by atoms with van der Waals surface area (Å²) in [6.45, 7) is 1.51. The number of nitrogens with zero attached hydrogens (tertiary/aromatic N) is 1. The second-order valence-corrected chi connectivity index (χ2v) is 8.88. The molecule has 1 heterocycles. The highest BCUT2D eigenvalue weighted by Crippen LogP contribution is 2.34. The van der Waals surface area contributed by atoms with E-state index in [0.29, 0.717) is 24.1 Å². The Hall–Kier alpha value is -2.67. The lowest BCUT2D eigenvalue weighted by molar-refractivity contribution is -0.142. The standard InChI is InChI=1S/C21H23NO5S/c1-15-12-18-13-17(9-10-19(18)22(15)28(2,25)26)20(23)14-27-21(24)11-8-16-6-4-3-5-7-16/h3-7,9-10,13,15H,8,11-12,14H2,1-2H3/t15-/m0/s1. The first kappa shape index (κ1) is 20.1. The third-order valence-corrected chi connectivity index (χ3v) is 6.01. The van der Waals surface area contributed by atoms with E-state index in [-0.39, 0.29) is 24.9 Å². The van der Waals surface area contributed by atoms with Crippen molar-refractivity contribution in [2.45, 2.75) is 32.2 Å². The zero-order valence-corrected chi connectivity index (χ0v) is 16.7. The summed E-state index contributed by atoms with van der Waals surface area (Å²) in [6, 6.07) is 14.3. The largest absolute Gasteiger partial charge is 0.457 e. The van der Waals surface area contributed by atoms with Crippen LogP contribution in [0.4, 0.5) is 5.69 Å². The van der Waals surface area contributed by atoms with Crippen molar-refractivity contribution in [2.75, 3.05) is 17.2 Å². The predicted octanol–water partition coefficient (Wildman–Crippen LogP) is 2.76. The molecule has 0 amide bonds. The number of aryl methyl sites for hydroxylation is 1. The van der Waals surface area contributed by atoms with Gasteiger partial charge in [-0.15, -0.1) is 0 Å². The van der Waals surface area contributed by atoms with Crippen molar-refractivity contribution < 1.29 is 22.7 Å². The molecule has 0 bridgehead atoms. The summed E-state index contributed by atoms with van der Waals surface area (Å²) < 4.78 is 30.4. The van der Waals surface area contributed by atoms with Gasteiger partial charge in [0.05, 0.1) is 11.9 Å². The number of sulfonamides is 1. The van der Waals surface area contributed by atoms with Gasteiger partial charge in [-0.2, -0.15) is 0 Å².